The van der Waals surface area contributed by atoms with E-state index in [1.807, 2.05) is 42.3 Å². The highest BCUT2D eigenvalue weighted by Crippen LogP contribution is 2.27. The summed E-state index contributed by atoms with van der Waals surface area (Å²) in [7, 11) is 3.50. The third kappa shape index (κ3) is 2.85. The van der Waals surface area contributed by atoms with Crippen LogP contribution in [-0.2, 0) is 6.54 Å². The summed E-state index contributed by atoms with van der Waals surface area (Å²) < 4.78 is 18.9. The highest BCUT2D eigenvalue weighted by atomic mass is 19.1. The van der Waals surface area contributed by atoms with Gasteiger partial charge in [0.25, 0.3) is 0 Å². The van der Waals surface area contributed by atoms with Crippen molar-refractivity contribution in [2.75, 3.05) is 19.1 Å². The van der Waals surface area contributed by atoms with Gasteiger partial charge in [-0.1, -0.05) is 12.1 Å². The van der Waals surface area contributed by atoms with Crippen LogP contribution in [0, 0.1) is 5.82 Å². The number of rotatable bonds is 4. The third-order valence-corrected chi connectivity index (χ3v) is 3.08. The molecule has 0 aliphatic rings. The Morgan fingerprint density at radius 3 is 2.53 bits per heavy atom. The van der Waals surface area contributed by atoms with Crippen molar-refractivity contribution in [3.8, 4) is 5.75 Å². The molecule has 0 bridgehead atoms. The molecule has 4 heteroatoms. The molecule has 0 radical (unpaired) electrons. The van der Waals surface area contributed by atoms with Crippen LogP contribution in [0.25, 0.3) is 0 Å². The van der Waals surface area contributed by atoms with Gasteiger partial charge in [0.15, 0.2) is 0 Å². The van der Waals surface area contributed by atoms with Crippen molar-refractivity contribution < 1.29 is 9.13 Å². The van der Waals surface area contributed by atoms with Crippen LogP contribution < -0.4 is 15.4 Å². The molecule has 0 saturated carbocycles. The lowest BCUT2D eigenvalue weighted by Gasteiger charge is -2.20. The van der Waals surface area contributed by atoms with Crippen LogP contribution in [-0.4, -0.2) is 14.2 Å². The zero-order chi connectivity index (χ0) is 13.8. The highest BCUT2D eigenvalue weighted by molar-refractivity contribution is 5.64. The van der Waals surface area contributed by atoms with Gasteiger partial charge in [0, 0.05) is 36.6 Å². The van der Waals surface area contributed by atoms with E-state index >= 15 is 0 Å². The smallest absolute Gasteiger partial charge is 0.129 e. The summed E-state index contributed by atoms with van der Waals surface area (Å²) in [6, 6.07) is 12.7. The topological polar surface area (TPSA) is 38.5 Å². The van der Waals surface area contributed by atoms with Crippen LogP contribution in [0.15, 0.2) is 42.5 Å². The van der Waals surface area contributed by atoms with Gasteiger partial charge < -0.3 is 15.4 Å². The number of nitrogens with zero attached hydrogens (tertiary/aromatic N) is 1. The van der Waals surface area contributed by atoms with Crippen molar-refractivity contribution in [1.29, 1.82) is 0 Å². The van der Waals surface area contributed by atoms with Crippen molar-refractivity contribution >= 4 is 11.4 Å². The number of anilines is 2. The van der Waals surface area contributed by atoms with Gasteiger partial charge in [-0.25, -0.2) is 4.39 Å². The first-order valence-electron chi connectivity index (χ1n) is 6.02. The fourth-order valence-corrected chi connectivity index (χ4v) is 1.88. The van der Waals surface area contributed by atoms with Crippen LogP contribution in [0.2, 0.25) is 0 Å². The molecule has 2 rings (SSSR count). The summed E-state index contributed by atoms with van der Waals surface area (Å²) in [5.41, 5.74) is 7.67. The molecule has 100 valence electrons. The second-order valence-corrected chi connectivity index (χ2v) is 4.24. The van der Waals surface area contributed by atoms with Crippen LogP contribution in [0.5, 0.6) is 5.75 Å². The van der Waals surface area contributed by atoms with E-state index in [9.17, 15) is 4.39 Å². The maximum Gasteiger partial charge on any atom is 0.129 e. The van der Waals surface area contributed by atoms with E-state index in [4.69, 9.17) is 10.5 Å². The van der Waals surface area contributed by atoms with Gasteiger partial charge in [-0.2, -0.15) is 0 Å². The lowest BCUT2D eigenvalue weighted by Crippen LogP contribution is -2.10. The molecular weight excluding hydrogens is 243 g/mol. The molecule has 19 heavy (non-hydrogen) atoms. The fourth-order valence-electron chi connectivity index (χ4n) is 1.88. The molecule has 0 saturated heterocycles. The molecule has 0 aliphatic carbocycles. The Labute approximate surface area is 112 Å². The van der Waals surface area contributed by atoms with Crippen molar-refractivity contribution in [3.63, 3.8) is 0 Å². The minimum Gasteiger partial charge on any atom is -0.497 e. The maximum atomic E-state index is 13.7. The Kier molecular flexibility index (Phi) is 4.02. The van der Waals surface area contributed by atoms with Crippen LogP contribution in [0.4, 0.5) is 15.8 Å². The number of benzene rings is 2. The van der Waals surface area contributed by atoms with Crippen molar-refractivity contribution in [2.45, 2.75) is 6.54 Å². The van der Waals surface area contributed by atoms with E-state index in [1.54, 1.807) is 13.2 Å². The first-order chi connectivity index (χ1) is 9.15. The van der Waals surface area contributed by atoms with Crippen molar-refractivity contribution in [1.82, 2.24) is 0 Å². The molecule has 2 N–H and O–H groups in total. The fraction of sp³-hybridized carbons (Fsp3) is 0.200. The van der Waals surface area contributed by atoms with Gasteiger partial charge in [0.05, 0.1) is 7.11 Å². The largest absolute Gasteiger partial charge is 0.497 e. The molecule has 0 heterocycles. The maximum absolute atomic E-state index is 13.7. The molecule has 0 fully saturated rings. The number of nitrogens with two attached hydrogens (primary N) is 1. The van der Waals surface area contributed by atoms with E-state index in [-0.39, 0.29) is 12.4 Å². The van der Waals surface area contributed by atoms with Gasteiger partial charge in [-0.3, -0.25) is 0 Å². The minimum absolute atomic E-state index is 0.203. The molecule has 0 aromatic heterocycles. The molecule has 0 atom stereocenters. The second-order valence-electron chi connectivity index (χ2n) is 4.24. The average molecular weight is 260 g/mol. The zero-order valence-electron chi connectivity index (χ0n) is 11.1. The van der Waals surface area contributed by atoms with E-state index < -0.39 is 0 Å². The second kappa shape index (κ2) is 5.71. The van der Waals surface area contributed by atoms with E-state index in [2.05, 4.69) is 0 Å². The molecule has 2 aromatic carbocycles. The number of hydrogen-bond acceptors (Lipinski definition) is 3. The molecule has 3 nitrogen and oxygen atoms in total. The summed E-state index contributed by atoms with van der Waals surface area (Å²) >= 11 is 0. The Hall–Kier alpha value is -2.07. The van der Waals surface area contributed by atoms with E-state index in [1.165, 1.54) is 6.07 Å². The van der Waals surface area contributed by atoms with Crippen molar-refractivity contribution in [2.24, 2.45) is 5.73 Å². The van der Waals surface area contributed by atoms with Gasteiger partial charge in [0.2, 0.25) is 0 Å². The molecule has 0 spiro atoms. The predicted molar refractivity (Wildman–Crippen MR) is 75.3 cm³/mol. The molecule has 2 aromatic rings. The molecule has 0 aliphatic heterocycles. The van der Waals surface area contributed by atoms with Gasteiger partial charge in [-0.05, 0) is 24.3 Å². The van der Waals surface area contributed by atoms with Crippen molar-refractivity contribution in [3.05, 3.63) is 53.8 Å². The summed E-state index contributed by atoms with van der Waals surface area (Å²) in [5.74, 6) is 0.484. The molecule has 0 amide bonds. The minimum atomic E-state index is -0.283. The van der Waals surface area contributed by atoms with Gasteiger partial charge >= 0.3 is 0 Å². The quantitative estimate of drug-likeness (QED) is 0.918. The summed E-state index contributed by atoms with van der Waals surface area (Å²) in [6.07, 6.45) is 0. The Morgan fingerprint density at radius 2 is 1.89 bits per heavy atom. The Balaban J connectivity index is 2.32. The van der Waals surface area contributed by atoms with E-state index in [0.29, 0.717) is 5.56 Å². The SMILES string of the molecule is COc1cccc(N(C)c2ccc(CN)c(F)c2)c1. The molecule has 0 unspecified atom stereocenters. The average Bonchev–Trinajstić information content (AvgIpc) is 2.46. The van der Waals surface area contributed by atoms with E-state index in [0.717, 1.165) is 17.1 Å². The summed E-state index contributed by atoms with van der Waals surface area (Å²) in [5, 5.41) is 0. The normalized spacial score (nSPS) is 10.3. The summed E-state index contributed by atoms with van der Waals surface area (Å²) in [6.45, 7) is 0.203. The monoisotopic (exact) mass is 260 g/mol. The first kappa shape index (κ1) is 13.4. The standard InChI is InChI=1S/C15H17FN2O/c1-18(12-4-3-5-14(8-12)19-2)13-7-6-11(10-17)15(16)9-13/h3-9H,10,17H2,1-2H3. The molecular formula is C15H17FN2O. The lowest BCUT2D eigenvalue weighted by atomic mass is 10.1. The van der Waals surface area contributed by atoms with Gasteiger partial charge in [0.1, 0.15) is 11.6 Å². The van der Waals surface area contributed by atoms with Crippen LogP contribution in [0.1, 0.15) is 5.56 Å². The Morgan fingerprint density at radius 1 is 1.16 bits per heavy atom. The number of methoxy groups -OCH3 is 1. The lowest BCUT2D eigenvalue weighted by molar-refractivity contribution is 0.415. The predicted octanol–water partition coefficient (Wildman–Crippen LogP) is 3.06. The van der Waals surface area contributed by atoms with Crippen LogP contribution in [0.3, 0.4) is 0 Å². The number of ether oxygens (including phenoxy) is 1. The third-order valence-electron chi connectivity index (χ3n) is 3.08. The first-order valence-corrected chi connectivity index (χ1v) is 6.02. The highest BCUT2D eigenvalue weighted by Gasteiger charge is 2.08. The Bertz CT molecular complexity index is 572. The van der Waals surface area contributed by atoms with Gasteiger partial charge in [-0.15, -0.1) is 0 Å². The van der Waals surface area contributed by atoms with Crippen LogP contribution >= 0.6 is 0 Å². The summed E-state index contributed by atoms with van der Waals surface area (Å²) in [4.78, 5) is 1.89. The zero-order valence-corrected chi connectivity index (χ0v) is 11.1. The number of hydrogen-bond donors (Lipinski definition) is 1. The number of halogens is 1.